The normalized spacial score (nSPS) is 17.0. The van der Waals surface area contributed by atoms with Crippen molar-refractivity contribution in [2.24, 2.45) is 5.92 Å². The predicted molar refractivity (Wildman–Crippen MR) is 140 cm³/mol. The molecule has 1 aliphatic rings. The molecule has 0 saturated carbocycles. The zero-order chi connectivity index (χ0) is 24.6. The van der Waals surface area contributed by atoms with Crippen LogP contribution in [-0.4, -0.2) is 33.7 Å². The smallest absolute Gasteiger partial charge is 0.171 e. The number of pyridine rings is 1. The second-order valence-corrected chi connectivity index (χ2v) is 9.14. The lowest BCUT2D eigenvalue weighted by Gasteiger charge is -2.33. The highest BCUT2D eigenvalue weighted by atomic mass is 16.5. The van der Waals surface area contributed by atoms with E-state index in [1.165, 1.54) is 6.92 Å². The van der Waals surface area contributed by atoms with E-state index in [-0.39, 0.29) is 11.6 Å². The molecule has 5 nitrogen and oxygen atoms in total. The van der Waals surface area contributed by atoms with Crippen LogP contribution in [0.3, 0.4) is 0 Å². The summed E-state index contributed by atoms with van der Waals surface area (Å²) in [4.78, 5) is 29.5. The Labute approximate surface area is 209 Å². The third kappa shape index (κ3) is 3.93. The molecule has 5 aromatic rings. The van der Waals surface area contributed by atoms with E-state index in [0.717, 1.165) is 39.2 Å². The number of carbonyl (C=O) groups is 2. The Kier molecular flexibility index (Phi) is 5.55. The number of ether oxygens (including phenoxy) is 1. The zero-order valence-corrected chi connectivity index (χ0v) is 19.8. The molecular formula is C31H24N2O3. The number of fused-ring (bicyclic) bond motifs is 1. The van der Waals surface area contributed by atoms with E-state index >= 15 is 0 Å². The molecule has 5 heteroatoms. The largest absolute Gasteiger partial charge is 0.369 e. The van der Waals surface area contributed by atoms with E-state index in [9.17, 15) is 9.59 Å². The molecule has 2 unspecified atom stereocenters. The number of aromatic nitrogens is 2. The highest BCUT2D eigenvalue weighted by Crippen LogP contribution is 2.32. The van der Waals surface area contributed by atoms with Crippen LogP contribution in [0.25, 0.3) is 39.2 Å². The van der Waals surface area contributed by atoms with Gasteiger partial charge in [0.2, 0.25) is 0 Å². The molecule has 0 spiro atoms. The summed E-state index contributed by atoms with van der Waals surface area (Å²) in [5.41, 5.74) is 7.59. The number of Topliss-reactive ketones (excluding diaryl/α,β-unsaturated/α-hetero) is 2. The Morgan fingerprint density at radius 3 is 2.08 bits per heavy atom. The molecule has 36 heavy (non-hydrogen) atoms. The van der Waals surface area contributed by atoms with Crippen molar-refractivity contribution >= 4 is 17.2 Å². The molecule has 6 rings (SSSR count). The molecule has 0 bridgehead atoms. The topological polar surface area (TPSA) is 60.7 Å². The van der Waals surface area contributed by atoms with Crippen LogP contribution in [0.2, 0.25) is 0 Å². The number of imidazole rings is 1. The first kappa shape index (κ1) is 22.1. The lowest BCUT2D eigenvalue weighted by atomic mass is 9.87. The van der Waals surface area contributed by atoms with Crippen molar-refractivity contribution < 1.29 is 14.3 Å². The standard InChI is InChI=1S/C31H24N2O3/c1-20(34)30-27(19-36-30)29(35)24-14-12-23(13-15-24)28-18-33-17-25(21-8-4-2-5-9-21)16-26(31(33)32-28)22-10-6-3-7-11-22/h2-18,27,30H,19H2,1H3. The molecule has 1 aliphatic heterocycles. The van der Waals surface area contributed by atoms with E-state index < -0.39 is 12.0 Å². The minimum absolute atomic E-state index is 0.0538. The second-order valence-electron chi connectivity index (χ2n) is 9.14. The maximum atomic E-state index is 12.9. The first-order chi connectivity index (χ1) is 17.6. The number of benzene rings is 3. The molecule has 0 radical (unpaired) electrons. The Bertz CT molecular complexity index is 1570. The first-order valence-corrected chi connectivity index (χ1v) is 12.0. The van der Waals surface area contributed by atoms with Crippen LogP contribution in [0.1, 0.15) is 17.3 Å². The van der Waals surface area contributed by atoms with Crippen molar-refractivity contribution in [3.05, 3.63) is 109 Å². The highest BCUT2D eigenvalue weighted by molar-refractivity contribution is 6.02. The van der Waals surface area contributed by atoms with Gasteiger partial charge in [-0.1, -0.05) is 84.9 Å². The van der Waals surface area contributed by atoms with Crippen LogP contribution in [0.15, 0.2) is 103 Å². The fourth-order valence-corrected chi connectivity index (χ4v) is 4.78. The fourth-order valence-electron chi connectivity index (χ4n) is 4.78. The van der Waals surface area contributed by atoms with Crippen LogP contribution >= 0.6 is 0 Å². The molecule has 2 atom stereocenters. The van der Waals surface area contributed by atoms with Gasteiger partial charge in [-0.15, -0.1) is 0 Å². The van der Waals surface area contributed by atoms with Gasteiger partial charge >= 0.3 is 0 Å². The van der Waals surface area contributed by atoms with Crippen LogP contribution in [-0.2, 0) is 9.53 Å². The van der Waals surface area contributed by atoms with Crippen LogP contribution in [0.5, 0.6) is 0 Å². The number of carbonyl (C=O) groups excluding carboxylic acids is 2. The summed E-state index contributed by atoms with van der Waals surface area (Å²) in [5, 5.41) is 0. The number of ketones is 2. The average molecular weight is 473 g/mol. The molecule has 2 aromatic heterocycles. The third-order valence-corrected chi connectivity index (χ3v) is 6.77. The minimum Gasteiger partial charge on any atom is -0.369 e. The van der Waals surface area contributed by atoms with Crippen LogP contribution < -0.4 is 0 Å². The van der Waals surface area contributed by atoms with Gasteiger partial charge < -0.3 is 9.14 Å². The molecule has 1 fully saturated rings. The van der Waals surface area contributed by atoms with Crippen molar-refractivity contribution in [1.29, 1.82) is 0 Å². The number of hydrogen-bond donors (Lipinski definition) is 0. The monoisotopic (exact) mass is 472 g/mol. The van der Waals surface area contributed by atoms with Gasteiger partial charge in [-0.25, -0.2) is 4.98 Å². The van der Waals surface area contributed by atoms with Gasteiger partial charge in [0.15, 0.2) is 11.6 Å². The molecule has 0 N–H and O–H groups in total. The van der Waals surface area contributed by atoms with Gasteiger partial charge in [-0.3, -0.25) is 9.59 Å². The molecular weight excluding hydrogens is 448 g/mol. The van der Waals surface area contributed by atoms with Gasteiger partial charge in [0, 0.05) is 29.1 Å². The maximum absolute atomic E-state index is 12.9. The van der Waals surface area contributed by atoms with E-state index in [2.05, 4.69) is 40.9 Å². The van der Waals surface area contributed by atoms with Gasteiger partial charge in [-0.2, -0.15) is 0 Å². The maximum Gasteiger partial charge on any atom is 0.171 e. The highest BCUT2D eigenvalue weighted by Gasteiger charge is 2.41. The van der Waals surface area contributed by atoms with E-state index in [1.54, 1.807) is 0 Å². The van der Waals surface area contributed by atoms with Crippen molar-refractivity contribution in [2.45, 2.75) is 13.0 Å². The Morgan fingerprint density at radius 2 is 1.47 bits per heavy atom. The quantitative estimate of drug-likeness (QED) is 0.279. The summed E-state index contributed by atoms with van der Waals surface area (Å²) in [6, 6.07) is 30.2. The summed E-state index contributed by atoms with van der Waals surface area (Å²) in [5.74, 6) is -0.555. The molecule has 3 aromatic carbocycles. The van der Waals surface area contributed by atoms with Crippen molar-refractivity contribution in [3.63, 3.8) is 0 Å². The number of nitrogens with zero attached hydrogens (tertiary/aromatic N) is 2. The third-order valence-electron chi connectivity index (χ3n) is 6.77. The Hall–Kier alpha value is -4.35. The SMILES string of the molecule is CC(=O)C1OCC1C(=O)c1ccc(-c2cn3cc(-c4ccccc4)cc(-c4ccccc4)c3n2)cc1. The summed E-state index contributed by atoms with van der Waals surface area (Å²) >= 11 is 0. The molecule has 3 heterocycles. The van der Waals surface area contributed by atoms with Crippen molar-refractivity contribution in [2.75, 3.05) is 6.61 Å². The summed E-state index contributed by atoms with van der Waals surface area (Å²) < 4.78 is 7.35. The fraction of sp³-hybridized carbons (Fsp3) is 0.129. The van der Waals surface area contributed by atoms with Gasteiger partial charge in [0.05, 0.1) is 18.2 Å². The molecule has 0 amide bonds. The lowest BCUT2D eigenvalue weighted by Crippen LogP contribution is -2.48. The summed E-state index contributed by atoms with van der Waals surface area (Å²) in [6.07, 6.45) is 3.51. The predicted octanol–water partition coefficient (Wildman–Crippen LogP) is 6.12. The van der Waals surface area contributed by atoms with Gasteiger partial charge in [0.1, 0.15) is 11.8 Å². The zero-order valence-electron chi connectivity index (χ0n) is 19.8. The van der Waals surface area contributed by atoms with Gasteiger partial charge in [-0.05, 0) is 29.7 Å². The van der Waals surface area contributed by atoms with Crippen LogP contribution in [0, 0.1) is 5.92 Å². The van der Waals surface area contributed by atoms with Crippen molar-refractivity contribution in [1.82, 2.24) is 9.38 Å². The van der Waals surface area contributed by atoms with E-state index in [4.69, 9.17) is 9.72 Å². The summed E-state index contributed by atoms with van der Waals surface area (Å²) in [7, 11) is 0. The first-order valence-electron chi connectivity index (χ1n) is 12.0. The van der Waals surface area contributed by atoms with Crippen LogP contribution in [0.4, 0.5) is 0 Å². The Balaban J connectivity index is 1.39. The molecule has 176 valence electrons. The van der Waals surface area contributed by atoms with E-state index in [1.807, 2.05) is 66.9 Å². The number of hydrogen-bond acceptors (Lipinski definition) is 4. The molecule has 1 saturated heterocycles. The average Bonchev–Trinajstić information content (AvgIpc) is 3.32. The number of rotatable bonds is 6. The minimum atomic E-state index is -0.620. The second kappa shape index (κ2) is 9.02. The summed E-state index contributed by atoms with van der Waals surface area (Å²) in [6.45, 7) is 1.76. The van der Waals surface area contributed by atoms with Crippen molar-refractivity contribution in [3.8, 4) is 33.5 Å². The molecule has 0 aliphatic carbocycles. The Morgan fingerprint density at radius 1 is 0.806 bits per heavy atom. The van der Waals surface area contributed by atoms with Gasteiger partial charge in [0.25, 0.3) is 0 Å². The lowest BCUT2D eigenvalue weighted by molar-refractivity contribution is -0.149. The van der Waals surface area contributed by atoms with E-state index in [0.29, 0.717) is 12.2 Å².